The van der Waals surface area contributed by atoms with Gasteiger partial charge in [0.05, 0.1) is 19.3 Å². The van der Waals surface area contributed by atoms with Gasteiger partial charge in [0.15, 0.2) is 0 Å². The van der Waals surface area contributed by atoms with Crippen molar-refractivity contribution in [3.05, 3.63) is 83.4 Å². The van der Waals surface area contributed by atoms with Gasteiger partial charge in [-0.3, -0.25) is 4.79 Å². The minimum atomic E-state index is -4.49. The van der Waals surface area contributed by atoms with Crippen molar-refractivity contribution in [3.63, 3.8) is 0 Å². The van der Waals surface area contributed by atoms with Crippen molar-refractivity contribution in [1.29, 1.82) is 0 Å². The second-order valence-corrected chi connectivity index (χ2v) is 6.75. The predicted octanol–water partition coefficient (Wildman–Crippen LogP) is 5.94. The van der Waals surface area contributed by atoms with Crippen LogP contribution in [-0.2, 0) is 12.8 Å². The number of carbonyl (C=O) groups excluding carboxylic acids is 1. The molecular weight excluding hydrogens is 423 g/mol. The predicted molar refractivity (Wildman–Crippen MR) is 114 cm³/mol. The molecule has 3 aromatic carbocycles. The zero-order chi connectivity index (χ0) is 23.1. The van der Waals surface area contributed by atoms with E-state index >= 15 is 0 Å². The van der Waals surface area contributed by atoms with Crippen LogP contribution in [0.15, 0.2) is 66.7 Å². The van der Waals surface area contributed by atoms with Crippen molar-refractivity contribution in [1.82, 2.24) is 0 Å². The van der Waals surface area contributed by atoms with Gasteiger partial charge in [0.1, 0.15) is 23.9 Å². The minimum Gasteiger partial charge on any atom is -0.497 e. The summed E-state index contributed by atoms with van der Waals surface area (Å²) >= 11 is 0. The molecule has 0 unspecified atom stereocenters. The van der Waals surface area contributed by atoms with Crippen molar-refractivity contribution in [2.75, 3.05) is 19.0 Å². The molecule has 32 heavy (non-hydrogen) atoms. The molecule has 0 fully saturated rings. The van der Waals surface area contributed by atoms with E-state index < -0.39 is 17.6 Å². The molecule has 0 bridgehead atoms. The van der Waals surface area contributed by atoms with Crippen molar-refractivity contribution in [2.45, 2.75) is 19.7 Å². The van der Waals surface area contributed by atoms with Gasteiger partial charge in [-0.05, 0) is 67.6 Å². The fourth-order valence-electron chi connectivity index (χ4n) is 2.94. The number of amides is 1. The van der Waals surface area contributed by atoms with Gasteiger partial charge >= 0.3 is 6.18 Å². The first kappa shape index (κ1) is 23.0. The number of anilines is 1. The summed E-state index contributed by atoms with van der Waals surface area (Å²) in [5, 5.41) is 2.50. The third kappa shape index (κ3) is 5.94. The molecule has 0 saturated heterocycles. The number of alkyl halides is 3. The molecule has 1 amide bonds. The number of rotatable bonds is 8. The zero-order valence-electron chi connectivity index (χ0n) is 17.5. The van der Waals surface area contributed by atoms with Gasteiger partial charge in [-0.2, -0.15) is 13.2 Å². The zero-order valence-corrected chi connectivity index (χ0v) is 17.5. The largest absolute Gasteiger partial charge is 0.497 e. The van der Waals surface area contributed by atoms with Crippen molar-refractivity contribution >= 4 is 11.6 Å². The van der Waals surface area contributed by atoms with Crippen molar-refractivity contribution in [3.8, 4) is 17.2 Å². The van der Waals surface area contributed by atoms with E-state index in [-0.39, 0.29) is 17.9 Å². The Labute approximate surface area is 183 Å². The smallest absolute Gasteiger partial charge is 0.416 e. The topological polar surface area (TPSA) is 56.8 Å². The Hall–Kier alpha value is -3.68. The fraction of sp³-hybridized carbons (Fsp3) is 0.208. The summed E-state index contributed by atoms with van der Waals surface area (Å²) in [4.78, 5) is 12.7. The van der Waals surface area contributed by atoms with Gasteiger partial charge in [-0.1, -0.05) is 6.07 Å². The second-order valence-electron chi connectivity index (χ2n) is 6.75. The molecule has 0 spiro atoms. The standard InChI is InChI=1S/C24H22F3NO4/c1-3-31-22-12-7-16(13-17(22)15-32-21-10-8-20(30-2)9-11-21)23(29)28-19-6-4-5-18(14-19)24(25,26)27/h4-14H,3,15H2,1-2H3,(H,28,29). The van der Waals surface area contributed by atoms with Crippen molar-refractivity contribution < 1.29 is 32.2 Å². The SMILES string of the molecule is CCOc1ccc(C(=O)Nc2cccc(C(F)(F)F)c2)cc1COc1ccc(OC)cc1. The second kappa shape index (κ2) is 10.1. The Morgan fingerprint density at radius 1 is 0.938 bits per heavy atom. The third-order valence-electron chi connectivity index (χ3n) is 4.52. The van der Waals surface area contributed by atoms with E-state index in [1.165, 1.54) is 12.1 Å². The molecule has 3 aromatic rings. The van der Waals surface area contributed by atoms with Crippen LogP contribution in [0.2, 0.25) is 0 Å². The monoisotopic (exact) mass is 445 g/mol. The normalized spacial score (nSPS) is 11.0. The van der Waals surface area contributed by atoms with Crippen LogP contribution in [0.25, 0.3) is 0 Å². The van der Waals surface area contributed by atoms with Crippen LogP contribution in [-0.4, -0.2) is 19.6 Å². The van der Waals surface area contributed by atoms with Crippen molar-refractivity contribution in [2.24, 2.45) is 0 Å². The summed E-state index contributed by atoms with van der Waals surface area (Å²) in [6, 6.07) is 16.3. The van der Waals surface area contributed by atoms with E-state index in [4.69, 9.17) is 14.2 Å². The Morgan fingerprint density at radius 2 is 1.66 bits per heavy atom. The first-order valence-corrected chi connectivity index (χ1v) is 9.81. The van der Waals surface area contributed by atoms with Gasteiger partial charge < -0.3 is 19.5 Å². The number of benzene rings is 3. The van der Waals surface area contributed by atoms with Crippen LogP contribution < -0.4 is 19.5 Å². The van der Waals surface area contributed by atoms with Crippen LogP contribution in [0.3, 0.4) is 0 Å². The number of carbonyl (C=O) groups is 1. The summed E-state index contributed by atoms with van der Waals surface area (Å²) in [5.41, 5.74) is 0.101. The molecule has 0 aliphatic carbocycles. The quantitative estimate of drug-likeness (QED) is 0.466. The lowest BCUT2D eigenvalue weighted by Crippen LogP contribution is -2.14. The number of methoxy groups -OCH3 is 1. The Balaban J connectivity index is 1.77. The van der Waals surface area contributed by atoms with E-state index in [2.05, 4.69) is 5.32 Å². The number of ether oxygens (including phenoxy) is 3. The summed E-state index contributed by atoms with van der Waals surface area (Å²) in [5.74, 6) is 1.31. The molecule has 0 heterocycles. The lowest BCUT2D eigenvalue weighted by atomic mass is 10.1. The van der Waals surface area contributed by atoms with Gasteiger partial charge in [0, 0.05) is 16.8 Å². The summed E-state index contributed by atoms with van der Waals surface area (Å²) < 4.78 is 55.3. The van der Waals surface area contributed by atoms with E-state index in [0.29, 0.717) is 29.4 Å². The molecule has 0 aromatic heterocycles. The van der Waals surface area contributed by atoms with Crippen LogP contribution in [0.4, 0.5) is 18.9 Å². The molecule has 0 radical (unpaired) electrons. The summed E-state index contributed by atoms with van der Waals surface area (Å²) in [6.07, 6.45) is -4.49. The maximum atomic E-state index is 12.9. The molecule has 8 heteroatoms. The van der Waals surface area contributed by atoms with Gasteiger partial charge in [-0.15, -0.1) is 0 Å². The lowest BCUT2D eigenvalue weighted by Gasteiger charge is -2.14. The Bertz CT molecular complexity index is 1070. The molecule has 0 atom stereocenters. The van der Waals surface area contributed by atoms with Gasteiger partial charge in [0.2, 0.25) is 0 Å². The maximum absolute atomic E-state index is 12.9. The first-order valence-electron chi connectivity index (χ1n) is 9.81. The molecule has 0 saturated carbocycles. The molecular formula is C24H22F3NO4. The Morgan fingerprint density at radius 3 is 2.31 bits per heavy atom. The number of nitrogens with one attached hydrogen (secondary N) is 1. The van der Waals surface area contributed by atoms with Crippen LogP contribution in [0, 0.1) is 0 Å². The molecule has 5 nitrogen and oxygen atoms in total. The average molecular weight is 445 g/mol. The molecule has 168 valence electrons. The summed E-state index contributed by atoms with van der Waals surface area (Å²) in [7, 11) is 1.57. The van der Waals surface area contributed by atoms with Gasteiger partial charge in [-0.25, -0.2) is 0 Å². The van der Waals surface area contributed by atoms with Gasteiger partial charge in [0.25, 0.3) is 5.91 Å². The third-order valence-corrected chi connectivity index (χ3v) is 4.52. The van der Waals surface area contributed by atoms with E-state index in [0.717, 1.165) is 12.1 Å². The summed E-state index contributed by atoms with van der Waals surface area (Å²) in [6.45, 7) is 2.39. The minimum absolute atomic E-state index is 0.0507. The average Bonchev–Trinajstić information content (AvgIpc) is 2.78. The molecule has 1 N–H and O–H groups in total. The molecule has 3 rings (SSSR count). The molecule has 0 aliphatic rings. The van der Waals surface area contributed by atoms with Crippen LogP contribution >= 0.6 is 0 Å². The fourth-order valence-corrected chi connectivity index (χ4v) is 2.94. The van der Waals surface area contributed by atoms with Crippen LogP contribution in [0.1, 0.15) is 28.4 Å². The highest BCUT2D eigenvalue weighted by atomic mass is 19.4. The highest BCUT2D eigenvalue weighted by Crippen LogP contribution is 2.31. The highest BCUT2D eigenvalue weighted by molar-refractivity contribution is 6.04. The molecule has 0 aliphatic heterocycles. The van der Waals surface area contributed by atoms with E-state index in [9.17, 15) is 18.0 Å². The van der Waals surface area contributed by atoms with E-state index in [1.807, 2.05) is 6.92 Å². The highest BCUT2D eigenvalue weighted by Gasteiger charge is 2.30. The maximum Gasteiger partial charge on any atom is 0.416 e. The lowest BCUT2D eigenvalue weighted by molar-refractivity contribution is -0.137. The number of hydrogen-bond acceptors (Lipinski definition) is 4. The van der Waals surface area contributed by atoms with Crippen LogP contribution in [0.5, 0.6) is 17.2 Å². The Kier molecular flexibility index (Phi) is 7.25. The first-order chi connectivity index (χ1) is 15.3. The van der Waals surface area contributed by atoms with E-state index in [1.54, 1.807) is 49.6 Å². The number of hydrogen-bond donors (Lipinski definition) is 1. The number of halogens is 3.